The largest absolute Gasteiger partial charge is 0.341 e. The quantitative estimate of drug-likeness (QED) is 0.664. The molecule has 0 heterocycles. The number of hydrogen-bond acceptors (Lipinski definition) is 1. The Bertz CT molecular complexity index is 169. The molecule has 2 amide bonds. The Hall–Kier alpha value is -0.870. The summed E-state index contributed by atoms with van der Waals surface area (Å²) < 4.78 is 24.5. The van der Waals surface area contributed by atoms with Crippen molar-refractivity contribution < 1.29 is 13.6 Å². The summed E-state index contributed by atoms with van der Waals surface area (Å²) in [5.41, 5.74) is 0. The van der Waals surface area contributed by atoms with Crippen LogP contribution in [0.4, 0.5) is 13.6 Å². The Morgan fingerprint density at radius 1 is 1.50 bits per heavy atom. The number of rotatable bonds is 3. The molecule has 5 heteroatoms. The van der Waals surface area contributed by atoms with Gasteiger partial charge in [0.05, 0.1) is 6.04 Å². The third kappa shape index (κ3) is 2.32. The first-order chi connectivity index (χ1) is 5.65. The highest BCUT2D eigenvalue weighted by atomic mass is 19.3. The lowest BCUT2D eigenvalue weighted by atomic mass is 10.2. The van der Waals surface area contributed by atoms with Crippen molar-refractivity contribution in [2.75, 3.05) is 7.05 Å². The molecule has 3 nitrogen and oxygen atoms in total. The molecule has 1 rings (SSSR count). The molecule has 1 saturated carbocycles. The van der Waals surface area contributed by atoms with Gasteiger partial charge in [-0.2, -0.15) is 0 Å². The van der Waals surface area contributed by atoms with Gasteiger partial charge < -0.3 is 10.6 Å². The SMILES string of the molecule is CNC(=O)NC(C(F)F)C1CC1. The van der Waals surface area contributed by atoms with E-state index in [4.69, 9.17) is 0 Å². The van der Waals surface area contributed by atoms with Crippen molar-refractivity contribution in [1.29, 1.82) is 0 Å². The molecule has 1 fully saturated rings. The summed E-state index contributed by atoms with van der Waals surface area (Å²) in [6.07, 6.45) is -0.882. The van der Waals surface area contributed by atoms with Crippen LogP contribution in [0, 0.1) is 5.92 Å². The van der Waals surface area contributed by atoms with Crippen LogP contribution < -0.4 is 10.6 Å². The summed E-state index contributed by atoms with van der Waals surface area (Å²) in [7, 11) is 1.41. The molecule has 0 aromatic heterocycles. The van der Waals surface area contributed by atoms with Crippen LogP contribution in [-0.2, 0) is 0 Å². The standard InChI is InChI=1S/C7H12F2N2O/c1-10-7(12)11-5(6(8)9)4-2-3-4/h4-6H,2-3H2,1H3,(H2,10,11,12). The molecule has 0 saturated heterocycles. The van der Waals surface area contributed by atoms with Gasteiger partial charge >= 0.3 is 6.03 Å². The lowest BCUT2D eigenvalue weighted by molar-refractivity contribution is 0.0918. The first kappa shape index (κ1) is 9.22. The number of carbonyl (C=O) groups is 1. The van der Waals surface area contributed by atoms with Crippen LogP contribution in [0.5, 0.6) is 0 Å². The van der Waals surface area contributed by atoms with Crippen molar-refractivity contribution in [3.63, 3.8) is 0 Å². The Kier molecular flexibility index (Phi) is 2.83. The molecule has 1 aliphatic rings. The monoisotopic (exact) mass is 178 g/mol. The van der Waals surface area contributed by atoms with Crippen molar-refractivity contribution in [2.24, 2.45) is 5.92 Å². The zero-order valence-corrected chi connectivity index (χ0v) is 6.81. The molecular formula is C7H12F2N2O. The van der Waals surface area contributed by atoms with Gasteiger partial charge in [-0.15, -0.1) is 0 Å². The normalized spacial score (nSPS) is 19.0. The van der Waals surface area contributed by atoms with Crippen LogP contribution in [0.25, 0.3) is 0 Å². The maximum atomic E-state index is 12.2. The predicted molar refractivity (Wildman–Crippen MR) is 40.1 cm³/mol. The zero-order chi connectivity index (χ0) is 9.14. The summed E-state index contributed by atoms with van der Waals surface area (Å²) in [5.74, 6) is -0.0256. The average Bonchev–Trinajstić information content (AvgIpc) is 2.81. The van der Waals surface area contributed by atoms with Gasteiger partial charge in [0.15, 0.2) is 0 Å². The molecule has 12 heavy (non-hydrogen) atoms. The van der Waals surface area contributed by atoms with E-state index in [1.807, 2.05) is 0 Å². The van der Waals surface area contributed by atoms with E-state index in [9.17, 15) is 13.6 Å². The zero-order valence-electron chi connectivity index (χ0n) is 6.81. The van der Waals surface area contributed by atoms with Crippen LogP contribution in [0.1, 0.15) is 12.8 Å². The molecule has 0 bridgehead atoms. The number of nitrogens with one attached hydrogen (secondary N) is 2. The van der Waals surface area contributed by atoms with Gasteiger partial charge in [0, 0.05) is 7.05 Å². The number of halogens is 2. The summed E-state index contributed by atoms with van der Waals surface area (Å²) in [6.45, 7) is 0. The van der Waals surface area contributed by atoms with Gasteiger partial charge in [0.25, 0.3) is 6.43 Å². The van der Waals surface area contributed by atoms with Crippen LogP contribution >= 0.6 is 0 Å². The fourth-order valence-electron chi connectivity index (χ4n) is 1.07. The smallest absolute Gasteiger partial charge is 0.314 e. The van der Waals surface area contributed by atoms with Crippen LogP contribution in [0.15, 0.2) is 0 Å². The van der Waals surface area contributed by atoms with E-state index in [1.165, 1.54) is 7.05 Å². The van der Waals surface area contributed by atoms with Crippen molar-refractivity contribution in [3.05, 3.63) is 0 Å². The Morgan fingerprint density at radius 3 is 2.42 bits per heavy atom. The number of carbonyl (C=O) groups excluding carboxylic acids is 1. The predicted octanol–water partition coefficient (Wildman–Crippen LogP) is 0.959. The molecule has 1 unspecified atom stereocenters. The number of hydrogen-bond donors (Lipinski definition) is 2. The van der Waals surface area contributed by atoms with E-state index >= 15 is 0 Å². The lowest BCUT2D eigenvalue weighted by Crippen LogP contribution is -2.45. The summed E-state index contributed by atoms with van der Waals surface area (Å²) in [4.78, 5) is 10.7. The third-order valence-corrected chi connectivity index (χ3v) is 1.93. The first-order valence-corrected chi connectivity index (χ1v) is 3.91. The van der Waals surface area contributed by atoms with Crippen LogP contribution in [-0.4, -0.2) is 25.5 Å². The molecule has 0 aromatic carbocycles. The second kappa shape index (κ2) is 3.69. The number of urea groups is 1. The molecule has 0 spiro atoms. The molecule has 0 aromatic rings. The average molecular weight is 178 g/mol. The van der Waals surface area contributed by atoms with E-state index in [1.54, 1.807) is 0 Å². The highest BCUT2D eigenvalue weighted by molar-refractivity contribution is 5.73. The summed E-state index contributed by atoms with van der Waals surface area (Å²) >= 11 is 0. The topological polar surface area (TPSA) is 41.1 Å². The van der Waals surface area contributed by atoms with E-state index in [0.717, 1.165) is 12.8 Å². The van der Waals surface area contributed by atoms with Crippen molar-refractivity contribution in [1.82, 2.24) is 10.6 Å². The maximum absolute atomic E-state index is 12.2. The molecule has 1 aliphatic carbocycles. The van der Waals surface area contributed by atoms with Gasteiger partial charge in [-0.05, 0) is 18.8 Å². The fourth-order valence-corrected chi connectivity index (χ4v) is 1.07. The highest BCUT2D eigenvalue weighted by Crippen LogP contribution is 2.35. The van der Waals surface area contributed by atoms with Gasteiger partial charge in [-0.1, -0.05) is 0 Å². The third-order valence-electron chi connectivity index (χ3n) is 1.93. The van der Waals surface area contributed by atoms with Crippen LogP contribution in [0.2, 0.25) is 0 Å². The molecule has 0 radical (unpaired) electrons. The number of alkyl halides is 2. The number of amides is 2. The molecule has 70 valence electrons. The van der Waals surface area contributed by atoms with Crippen molar-refractivity contribution >= 4 is 6.03 Å². The van der Waals surface area contributed by atoms with Crippen molar-refractivity contribution in [3.8, 4) is 0 Å². The highest BCUT2D eigenvalue weighted by Gasteiger charge is 2.37. The van der Waals surface area contributed by atoms with Gasteiger partial charge in [0.1, 0.15) is 0 Å². The minimum Gasteiger partial charge on any atom is -0.341 e. The molecular weight excluding hydrogens is 166 g/mol. The van der Waals surface area contributed by atoms with E-state index in [0.29, 0.717) is 0 Å². The molecule has 1 atom stereocenters. The maximum Gasteiger partial charge on any atom is 0.314 e. The Labute approximate surface area is 69.5 Å². The first-order valence-electron chi connectivity index (χ1n) is 3.91. The van der Waals surface area contributed by atoms with Gasteiger partial charge in [-0.25, -0.2) is 13.6 Å². The van der Waals surface area contributed by atoms with Crippen LogP contribution in [0.3, 0.4) is 0 Å². The lowest BCUT2D eigenvalue weighted by Gasteiger charge is -2.16. The van der Waals surface area contributed by atoms with Crippen molar-refractivity contribution in [2.45, 2.75) is 25.3 Å². The Balaban J connectivity index is 2.37. The van der Waals surface area contributed by atoms with E-state index in [2.05, 4.69) is 10.6 Å². The minimum atomic E-state index is -2.46. The van der Waals surface area contributed by atoms with Gasteiger partial charge in [0.2, 0.25) is 0 Å². The summed E-state index contributed by atoms with van der Waals surface area (Å²) in [5, 5.41) is 4.48. The minimum absolute atomic E-state index is 0.0256. The fraction of sp³-hybridized carbons (Fsp3) is 0.857. The second-order valence-electron chi connectivity index (χ2n) is 2.92. The van der Waals surface area contributed by atoms with Gasteiger partial charge in [-0.3, -0.25) is 0 Å². The van der Waals surface area contributed by atoms with E-state index < -0.39 is 18.5 Å². The summed E-state index contributed by atoms with van der Waals surface area (Å²) in [6, 6.07) is -1.50. The molecule has 0 aliphatic heterocycles. The second-order valence-corrected chi connectivity index (χ2v) is 2.92. The van der Waals surface area contributed by atoms with E-state index in [-0.39, 0.29) is 5.92 Å². The Morgan fingerprint density at radius 2 is 2.08 bits per heavy atom. The molecule has 2 N–H and O–H groups in total.